The van der Waals surface area contributed by atoms with Crippen molar-refractivity contribution in [3.63, 3.8) is 0 Å². The first kappa shape index (κ1) is 16.3. The monoisotopic (exact) mass is 345 g/mol. The molecule has 124 valence electrons. The second kappa shape index (κ2) is 6.88. The van der Waals surface area contributed by atoms with Crippen LogP contribution >= 0.6 is 11.8 Å². The Hall–Kier alpha value is -0.600. The minimum atomic E-state index is -2.83. The number of thioether (sulfide) groups is 1. The molecule has 0 N–H and O–H groups in total. The van der Waals surface area contributed by atoms with Gasteiger partial charge in [0.05, 0.1) is 17.6 Å². The van der Waals surface area contributed by atoms with Gasteiger partial charge in [-0.1, -0.05) is 11.8 Å². The van der Waals surface area contributed by atoms with Crippen LogP contribution in [-0.2, 0) is 28.0 Å². The fraction of sp³-hybridized carbons (Fsp3) is 0.857. The summed E-state index contributed by atoms with van der Waals surface area (Å²) in [5.41, 5.74) is 0. The summed E-state index contributed by atoms with van der Waals surface area (Å²) in [5.74, 6) is 2.58. The predicted octanol–water partition coefficient (Wildman–Crippen LogP) is 1.45. The Labute approximate surface area is 135 Å². The van der Waals surface area contributed by atoms with Crippen LogP contribution in [0.1, 0.15) is 31.5 Å². The second-order valence-electron chi connectivity index (χ2n) is 6.23. The van der Waals surface area contributed by atoms with Gasteiger partial charge in [0.2, 0.25) is 0 Å². The normalized spacial score (nSPS) is 28.0. The topological polar surface area (TPSA) is 74.1 Å². The van der Waals surface area contributed by atoms with Gasteiger partial charge in [0.1, 0.15) is 5.82 Å². The Kier molecular flexibility index (Phi) is 5.09. The molecule has 2 aliphatic heterocycles. The maximum Gasteiger partial charge on any atom is 0.191 e. The lowest BCUT2D eigenvalue weighted by Crippen LogP contribution is -2.21. The van der Waals surface area contributed by atoms with Crippen molar-refractivity contribution >= 4 is 21.6 Å². The van der Waals surface area contributed by atoms with Crippen LogP contribution in [0.5, 0.6) is 0 Å². The molecule has 3 rings (SSSR count). The molecule has 2 atom stereocenters. The van der Waals surface area contributed by atoms with E-state index in [1.54, 1.807) is 11.8 Å². The lowest BCUT2D eigenvalue weighted by atomic mass is 10.1. The minimum Gasteiger partial charge on any atom is -0.377 e. The van der Waals surface area contributed by atoms with E-state index in [4.69, 9.17) is 4.74 Å². The molecule has 3 heterocycles. The zero-order chi connectivity index (χ0) is 15.6. The smallest absolute Gasteiger partial charge is 0.191 e. The average Bonchev–Trinajstić information content (AvgIpc) is 3.02. The van der Waals surface area contributed by atoms with Crippen LogP contribution in [0.3, 0.4) is 0 Å². The van der Waals surface area contributed by atoms with Crippen molar-refractivity contribution in [2.24, 2.45) is 13.0 Å². The second-order valence-corrected chi connectivity index (χ2v) is 9.45. The van der Waals surface area contributed by atoms with Gasteiger partial charge in [-0.25, -0.2) is 8.42 Å². The first-order valence-corrected chi connectivity index (χ1v) is 10.7. The number of sulfone groups is 1. The third kappa shape index (κ3) is 4.02. The standard InChI is InChI=1S/C14H23N3O3S2/c1-17-13(8-11-5-7-22(18,19)10-11)15-16-14(17)21-9-12-4-2-3-6-20-12/h11-12H,2-10H2,1H3/t11-,12-/m1/s1. The summed E-state index contributed by atoms with van der Waals surface area (Å²) in [6.07, 6.45) is 5.29. The molecule has 2 aliphatic rings. The Balaban J connectivity index is 1.55. The molecule has 0 radical (unpaired) electrons. The fourth-order valence-corrected chi connectivity index (χ4v) is 5.90. The highest BCUT2D eigenvalue weighted by Gasteiger charge is 2.29. The molecular formula is C14H23N3O3S2. The molecule has 2 fully saturated rings. The Morgan fingerprint density at radius 2 is 2.18 bits per heavy atom. The SMILES string of the molecule is Cn1c(C[C@H]2CCS(=O)(=O)C2)nnc1SC[C@H]1CCCCO1. The molecule has 0 unspecified atom stereocenters. The number of nitrogens with zero attached hydrogens (tertiary/aromatic N) is 3. The van der Waals surface area contributed by atoms with E-state index in [0.717, 1.165) is 36.2 Å². The summed E-state index contributed by atoms with van der Waals surface area (Å²) in [4.78, 5) is 0. The summed E-state index contributed by atoms with van der Waals surface area (Å²) >= 11 is 1.68. The highest BCUT2D eigenvalue weighted by molar-refractivity contribution is 7.99. The third-order valence-electron chi connectivity index (χ3n) is 4.40. The Bertz CT molecular complexity index is 609. The van der Waals surface area contributed by atoms with Crippen molar-refractivity contribution in [1.82, 2.24) is 14.8 Å². The van der Waals surface area contributed by atoms with Crippen LogP contribution < -0.4 is 0 Å². The summed E-state index contributed by atoms with van der Waals surface area (Å²) in [5, 5.41) is 9.39. The predicted molar refractivity (Wildman–Crippen MR) is 85.8 cm³/mol. The van der Waals surface area contributed by atoms with E-state index in [1.165, 1.54) is 12.8 Å². The van der Waals surface area contributed by atoms with Crippen LogP contribution in [0.2, 0.25) is 0 Å². The molecular weight excluding hydrogens is 322 g/mol. The van der Waals surface area contributed by atoms with E-state index in [-0.39, 0.29) is 11.7 Å². The van der Waals surface area contributed by atoms with Crippen LogP contribution in [0, 0.1) is 5.92 Å². The summed E-state index contributed by atoms with van der Waals surface area (Å²) < 4.78 is 30.8. The molecule has 0 amide bonds. The quantitative estimate of drug-likeness (QED) is 0.752. The molecule has 1 aromatic rings. The molecule has 0 bridgehead atoms. The molecule has 0 saturated carbocycles. The van der Waals surface area contributed by atoms with Crippen molar-refractivity contribution in [3.05, 3.63) is 5.82 Å². The van der Waals surface area contributed by atoms with Gasteiger partial charge in [-0.05, 0) is 31.6 Å². The van der Waals surface area contributed by atoms with Crippen LogP contribution in [0.15, 0.2) is 5.16 Å². The van der Waals surface area contributed by atoms with Crippen LogP contribution in [0.25, 0.3) is 0 Å². The van der Waals surface area contributed by atoms with E-state index >= 15 is 0 Å². The maximum atomic E-state index is 11.5. The Morgan fingerprint density at radius 3 is 2.86 bits per heavy atom. The molecule has 22 heavy (non-hydrogen) atoms. The van der Waals surface area contributed by atoms with Gasteiger partial charge in [-0.2, -0.15) is 0 Å². The number of aromatic nitrogens is 3. The van der Waals surface area contributed by atoms with E-state index in [9.17, 15) is 8.42 Å². The highest BCUT2D eigenvalue weighted by Crippen LogP contribution is 2.25. The van der Waals surface area contributed by atoms with Crippen molar-refractivity contribution in [1.29, 1.82) is 0 Å². The molecule has 2 saturated heterocycles. The Morgan fingerprint density at radius 1 is 1.32 bits per heavy atom. The first-order chi connectivity index (χ1) is 10.5. The van der Waals surface area contributed by atoms with Crippen molar-refractivity contribution in [3.8, 4) is 0 Å². The average molecular weight is 345 g/mol. The van der Waals surface area contributed by atoms with Crippen LogP contribution in [-0.4, -0.2) is 53.2 Å². The lowest BCUT2D eigenvalue weighted by Gasteiger charge is -2.21. The zero-order valence-corrected chi connectivity index (χ0v) is 14.5. The van der Waals surface area contributed by atoms with Gasteiger partial charge in [-0.15, -0.1) is 10.2 Å². The number of ether oxygens (including phenoxy) is 1. The van der Waals surface area contributed by atoms with E-state index in [2.05, 4.69) is 10.2 Å². The summed E-state index contributed by atoms with van der Waals surface area (Å²) in [7, 11) is -0.864. The molecule has 0 spiro atoms. The lowest BCUT2D eigenvalue weighted by molar-refractivity contribution is 0.0315. The minimum absolute atomic E-state index is 0.187. The zero-order valence-electron chi connectivity index (χ0n) is 12.9. The van der Waals surface area contributed by atoms with Gasteiger partial charge < -0.3 is 9.30 Å². The summed E-state index contributed by atoms with van der Waals surface area (Å²) in [6.45, 7) is 0.867. The molecule has 0 aromatic carbocycles. The molecule has 6 nitrogen and oxygen atoms in total. The molecule has 8 heteroatoms. The fourth-order valence-electron chi connectivity index (χ4n) is 3.05. The van der Waals surface area contributed by atoms with Gasteiger partial charge in [0, 0.05) is 25.8 Å². The van der Waals surface area contributed by atoms with Crippen LogP contribution in [0.4, 0.5) is 0 Å². The van der Waals surface area contributed by atoms with Crippen molar-refractivity contribution in [2.75, 3.05) is 23.9 Å². The number of hydrogen-bond donors (Lipinski definition) is 0. The molecule has 0 aliphatic carbocycles. The van der Waals surface area contributed by atoms with Gasteiger partial charge in [-0.3, -0.25) is 0 Å². The highest BCUT2D eigenvalue weighted by atomic mass is 32.2. The van der Waals surface area contributed by atoms with E-state index in [1.807, 2.05) is 11.6 Å². The maximum absolute atomic E-state index is 11.5. The van der Waals surface area contributed by atoms with Gasteiger partial charge in [0.15, 0.2) is 15.0 Å². The van der Waals surface area contributed by atoms with E-state index in [0.29, 0.717) is 18.3 Å². The summed E-state index contributed by atoms with van der Waals surface area (Å²) in [6, 6.07) is 0. The number of rotatable bonds is 5. The molecule has 1 aromatic heterocycles. The third-order valence-corrected chi connectivity index (χ3v) is 7.38. The largest absolute Gasteiger partial charge is 0.377 e. The van der Waals surface area contributed by atoms with E-state index < -0.39 is 9.84 Å². The van der Waals surface area contributed by atoms with Crippen molar-refractivity contribution < 1.29 is 13.2 Å². The van der Waals surface area contributed by atoms with Crippen molar-refractivity contribution in [2.45, 2.75) is 43.4 Å². The number of hydrogen-bond acceptors (Lipinski definition) is 6. The van der Waals surface area contributed by atoms with Gasteiger partial charge in [0.25, 0.3) is 0 Å². The van der Waals surface area contributed by atoms with Gasteiger partial charge >= 0.3 is 0 Å². The first-order valence-electron chi connectivity index (χ1n) is 7.86.